The SMILES string of the molecule is COc1ccc(C(=O)N2CCN(Cc3ccccn3)CC2)c(OC)c1. The van der Waals surface area contributed by atoms with E-state index in [4.69, 9.17) is 9.47 Å². The van der Waals surface area contributed by atoms with Crippen LogP contribution in [0.1, 0.15) is 16.1 Å². The minimum Gasteiger partial charge on any atom is -0.497 e. The maximum absolute atomic E-state index is 12.8. The zero-order valence-corrected chi connectivity index (χ0v) is 14.6. The van der Waals surface area contributed by atoms with Gasteiger partial charge in [-0.15, -0.1) is 0 Å². The van der Waals surface area contributed by atoms with Crippen molar-refractivity contribution in [3.8, 4) is 11.5 Å². The summed E-state index contributed by atoms with van der Waals surface area (Å²) in [5.74, 6) is 1.21. The third-order valence-corrected chi connectivity index (χ3v) is 4.41. The number of pyridine rings is 1. The van der Waals surface area contributed by atoms with E-state index in [2.05, 4.69) is 9.88 Å². The van der Waals surface area contributed by atoms with E-state index in [-0.39, 0.29) is 5.91 Å². The van der Waals surface area contributed by atoms with Crippen molar-refractivity contribution in [2.75, 3.05) is 40.4 Å². The lowest BCUT2D eigenvalue weighted by Crippen LogP contribution is -2.48. The highest BCUT2D eigenvalue weighted by Gasteiger charge is 2.24. The van der Waals surface area contributed by atoms with Crippen molar-refractivity contribution in [1.29, 1.82) is 0 Å². The summed E-state index contributed by atoms with van der Waals surface area (Å²) in [5, 5.41) is 0. The van der Waals surface area contributed by atoms with Crippen LogP contribution in [0.5, 0.6) is 11.5 Å². The highest BCUT2D eigenvalue weighted by atomic mass is 16.5. The normalized spacial score (nSPS) is 15.0. The molecular formula is C19H23N3O3. The fraction of sp³-hybridized carbons (Fsp3) is 0.368. The smallest absolute Gasteiger partial charge is 0.257 e. The fourth-order valence-electron chi connectivity index (χ4n) is 2.98. The number of amides is 1. The largest absolute Gasteiger partial charge is 0.497 e. The topological polar surface area (TPSA) is 54.9 Å². The predicted octanol–water partition coefficient (Wildman–Crippen LogP) is 2.06. The molecule has 1 saturated heterocycles. The number of carbonyl (C=O) groups excluding carboxylic acids is 1. The Labute approximate surface area is 148 Å². The molecule has 1 aromatic carbocycles. The number of hydrogen-bond donors (Lipinski definition) is 0. The average molecular weight is 341 g/mol. The van der Waals surface area contributed by atoms with Crippen molar-refractivity contribution in [2.24, 2.45) is 0 Å². The van der Waals surface area contributed by atoms with E-state index in [1.165, 1.54) is 0 Å². The van der Waals surface area contributed by atoms with Gasteiger partial charge in [-0.2, -0.15) is 0 Å². The Hall–Kier alpha value is -2.60. The summed E-state index contributed by atoms with van der Waals surface area (Å²) in [6.45, 7) is 3.87. The van der Waals surface area contributed by atoms with Crippen LogP contribution in [0.15, 0.2) is 42.6 Å². The number of rotatable bonds is 5. The van der Waals surface area contributed by atoms with Gasteiger partial charge in [-0.25, -0.2) is 0 Å². The molecule has 0 N–H and O–H groups in total. The molecule has 0 unspecified atom stereocenters. The van der Waals surface area contributed by atoms with Gasteiger partial charge in [-0.3, -0.25) is 14.7 Å². The van der Waals surface area contributed by atoms with Crippen molar-refractivity contribution in [3.63, 3.8) is 0 Å². The summed E-state index contributed by atoms with van der Waals surface area (Å²) in [6, 6.07) is 11.2. The molecule has 1 aliphatic rings. The molecule has 6 nitrogen and oxygen atoms in total. The van der Waals surface area contributed by atoms with Crippen LogP contribution in [0.2, 0.25) is 0 Å². The summed E-state index contributed by atoms with van der Waals surface area (Å²) >= 11 is 0. The number of aromatic nitrogens is 1. The third-order valence-electron chi connectivity index (χ3n) is 4.41. The molecule has 0 spiro atoms. The zero-order chi connectivity index (χ0) is 17.6. The molecule has 0 atom stereocenters. The number of hydrogen-bond acceptors (Lipinski definition) is 5. The van der Waals surface area contributed by atoms with Crippen LogP contribution in [0.25, 0.3) is 0 Å². The fourth-order valence-corrected chi connectivity index (χ4v) is 2.98. The van der Waals surface area contributed by atoms with Gasteiger partial charge < -0.3 is 14.4 Å². The number of ether oxygens (including phenoxy) is 2. The molecule has 132 valence electrons. The quantitative estimate of drug-likeness (QED) is 0.833. The van der Waals surface area contributed by atoms with Crippen molar-refractivity contribution in [2.45, 2.75) is 6.54 Å². The molecular weight excluding hydrogens is 318 g/mol. The minimum atomic E-state index is -0.00279. The van der Waals surface area contributed by atoms with E-state index >= 15 is 0 Å². The lowest BCUT2D eigenvalue weighted by Gasteiger charge is -2.34. The Morgan fingerprint density at radius 1 is 1.08 bits per heavy atom. The molecule has 2 heterocycles. The summed E-state index contributed by atoms with van der Waals surface area (Å²) in [6.07, 6.45) is 1.81. The number of methoxy groups -OCH3 is 2. The second-order valence-corrected chi connectivity index (χ2v) is 5.96. The minimum absolute atomic E-state index is 0.00279. The first-order valence-electron chi connectivity index (χ1n) is 8.35. The Morgan fingerprint density at radius 3 is 2.52 bits per heavy atom. The molecule has 1 fully saturated rings. The summed E-state index contributed by atoms with van der Waals surface area (Å²) in [5.41, 5.74) is 1.63. The number of nitrogens with zero attached hydrogens (tertiary/aromatic N) is 3. The van der Waals surface area contributed by atoms with E-state index in [9.17, 15) is 4.79 Å². The van der Waals surface area contributed by atoms with E-state index in [1.807, 2.05) is 29.3 Å². The van der Waals surface area contributed by atoms with Crippen LogP contribution < -0.4 is 9.47 Å². The summed E-state index contributed by atoms with van der Waals surface area (Å²) < 4.78 is 10.5. The maximum atomic E-state index is 12.8. The molecule has 1 amide bonds. The first-order valence-corrected chi connectivity index (χ1v) is 8.35. The second-order valence-electron chi connectivity index (χ2n) is 5.96. The van der Waals surface area contributed by atoms with Crippen LogP contribution >= 0.6 is 0 Å². The van der Waals surface area contributed by atoms with Gasteiger partial charge in [0.2, 0.25) is 0 Å². The lowest BCUT2D eigenvalue weighted by atomic mass is 10.1. The first kappa shape index (κ1) is 17.2. The molecule has 2 aromatic rings. The van der Waals surface area contributed by atoms with Crippen molar-refractivity contribution in [1.82, 2.24) is 14.8 Å². The molecule has 0 bridgehead atoms. The Balaban J connectivity index is 1.62. The molecule has 0 radical (unpaired) electrons. The number of benzene rings is 1. The molecule has 0 saturated carbocycles. The van der Waals surface area contributed by atoms with Crippen molar-refractivity contribution >= 4 is 5.91 Å². The van der Waals surface area contributed by atoms with Gasteiger partial charge in [0.05, 0.1) is 25.5 Å². The van der Waals surface area contributed by atoms with Gasteiger partial charge in [0.1, 0.15) is 11.5 Å². The van der Waals surface area contributed by atoms with E-state index < -0.39 is 0 Å². The van der Waals surface area contributed by atoms with E-state index in [0.717, 1.165) is 25.3 Å². The van der Waals surface area contributed by atoms with Gasteiger partial charge in [-0.1, -0.05) is 6.07 Å². The number of piperazine rings is 1. The maximum Gasteiger partial charge on any atom is 0.257 e. The Morgan fingerprint density at radius 2 is 1.88 bits per heavy atom. The standard InChI is InChI=1S/C19H23N3O3/c1-24-16-6-7-17(18(13-16)25-2)19(23)22-11-9-21(10-12-22)14-15-5-3-4-8-20-15/h3-8,13H,9-12,14H2,1-2H3. The van der Waals surface area contributed by atoms with Crippen LogP contribution in [-0.2, 0) is 6.54 Å². The molecule has 25 heavy (non-hydrogen) atoms. The molecule has 6 heteroatoms. The van der Waals surface area contributed by atoms with Gasteiger partial charge in [0.25, 0.3) is 5.91 Å². The van der Waals surface area contributed by atoms with Crippen LogP contribution in [0, 0.1) is 0 Å². The van der Waals surface area contributed by atoms with Crippen LogP contribution in [-0.4, -0.2) is 61.1 Å². The Kier molecular flexibility index (Phi) is 5.50. The van der Waals surface area contributed by atoms with Gasteiger partial charge in [-0.05, 0) is 24.3 Å². The first-order chi connectivity index (χ1) is 12.2. The van der Waals surface area contributed by atoms with Crippen molar-refractivity contribution < 1.29 is 14.3 Å². The zero-order valence-electron chi connectivity index (χ0n) is 14.6. The highest BCUT2D eigenvalue weighted by molar-refractivity contribution is 5.97. The highest BCUT2D eigenvalue weighted by Crippen LogP contribution is 2.26. The van der Waals surface area contributed by atoms with Gasteiger partial charge >= 0.3 is 0 Å². The predicted molar refractivity (Wildman–Crippen MR) is 95.0 cm³/mol. The van der Waals surface area contributed by atoms with E-state index in [0.29, 0.717) is 30.2 Å². The van der Waals surface area contributed by atoms with E-state index in [1.54, 1.807) is 32.4 Å². The van der Waals surface area contributed by atoms with Gasteiger partial charge in [0.15, 0.2) is 0 Å². The van der Waals surface area contributed by atoms with Gasteiger partial charge in [0, 0.05) is 45.0 Å². The Bertz CT molecular complexity index is 713. The second kappa shape index (κ2) is 7.98. The summed E-state index contributed by atoms with van der Waals surface area (Å²) in [7, 11) is 3.16. The monoisotopic (exact) mass is 341 g/mol. The van der Waals surface area contributed by atoms with Crippen LogP contribution in [0.3, 0.4) is 0 Å². The third kappa shape index (κ3) is 4.09. The molecule has 1 aliphatic heterocycles. The summed E-state index contributed by atoms with van der Waals surface area (Å²) in [4.78, 5) is 21.4. The number of carbonyl (C=O) groups is 1. The molecule has 0 aliphatic carbocycles. The van der Waals surface area contributed by atoms with Crippen molar-refractivity contribution in [3.05, 3.63) is 53.9 Å². The average Bonchev–Trinajstić information content (AvgIpc) is 2.68. The lowest BCUT2D eigenvalue weighted by molar-refractivity contribution is 0.0624. The molecule has 3 rings (SSSR count). The molecule has 1 aromatic heterocycles. The van der Waals surface area contributed by atoms with Crippen LogP contribution in [0.4, 0.5) is 0 Å².